The molecular formula is C14H20ClNO2. The molecule has 0 spiro atoms. The average molecular weight is 270 g/mol. The highest BCUT2D eigenvalue weighted by Gasteiger charge is 2.08. The minimum Gasteiger partial charge on any atom is -0.494 e. The summed E-state index contributed by atoms with van der Waals surface area (Å²) in [7, 11) is 0. The number of alkyl halides is 1. The van der Waals surface area contributed by atoms with Gasteiger partial charge in [0, 0.05) is 5.69 Å². The van der Waals surface area contributed by atoms with Gasteiger partial charge in [-0.25, -0.2) is 0 Å². The Labute approximate surface area is 113 Å². The van der Waals surface area contributed by atoms with Gasteiger partial charge in [-0.1, -0.05) is 13.8 Å². The summed E-state index contributed by atoms with van der Waals surface area (Å²) >= 11 is 5.67. The smallest absolute Gasteiger partial charge is 0.242 e. The predicted octanol–water partition coefficient (Wildman–Crippen LogP) is 3.68. The summed E-state index contributed by atoms with van der Waals surface area (Å²) in [5.41, 5.74) is 0.726. The van der Waals surface area contributed by atoms with E-state index in [9.17, 15) is 4.79 Å². The van der Waals surface area contributed by atoms with Crippen molar-refractivity contribution in [2.45, 2.75) is 32.6 Å². The first-order valence-electron chi connectivity index (χ1n) is 6.17. The minimum absolute atomic E-state index is 0.204. The van der Waals surface area contributed by atoms with Crippen molar-refractivity contribution >= 4 is 23.2 Å². The average Bonchev–Trinajstić information content (AvgIpc) is 2.30. The minimum atomic E-state index is -0.535. The van der Waals surface area contributed by atoms with Crippen molar-refractivity contribution in [2.75, 3.05) is 11.9 Å². The van der Waals surface area contributed by atoms with Crippen LogP contribution in [-0.2, 0) is 4.79 Å². The summed E-state index contributed by atoms with van der Waals surface area (Å²) in [5.74, 6) is 1.24. The summed E-state index contributed by atoms with van der Waals surface area (Å²) in [4.78, 5) is 11.4. The molecule has 0 saturated carbocycles. The second-order valence-corrected chi connectivity index (χ2v) is 5.32. The fourth-order valence-corrected chi connectivity index (χ4v) is 1.34. The molecule has 18 heavy (non-hydrogen) atoms. The number of anilines is 1. The topological polar surface area (TPSA) is 38.3 Å². The second kappa shape index (κ2) is 7.27. The third-order valence-electron chi connectivity index (χ3n) is 2.45. The third-order valence-corrected chi connectivity index (χ3v) is 2.65. The van der Waals surface area contributed by atoms with Gasteiger partial charge < -0.3 is 10.1 Å². The molecular weight excluding hydrogens is 250 g/mol. The van der Waals surface area contributed by atoms with E-state index in [1.54, 1.807) is 6.92 Å². The number of rotatable bonds is 6. The number of amides is 1. The molecule has 0 aliphatic heterocycles. The van der Waals surface area contributed by atoms with Gasteiger partial charge in [0.1, 0.15) is 11.1 Å². The Bertz CT molecular complexity index is 374. The Morgan fingerprint density at radius 3 is 2.39 bits per heavy atom. The molecule has 1 unspecified atom stereocenters. The largest absolute Gasteiger partial charge is 0.494 e. The van der Waals surface area contributed by atoms with Gasteiger partial charge in [0.05, 0.1) is 6.61 Å². The standard InChI is InChI=1S/C14H20ClNO2/c1-10(2)8-9-18-13-6-4-12(5-7-13)16-14(17)11(3)15/h4-7,10-11H,8-9H2,1-3H3,(H,16,17). The van der Waals surface area contributed by atoms with Gasteiger partial charge in [0.25, 0.3) is 0 Å². The molecule has 1 rings (SSSR count). The first-order chi connectivity index (χ1) is 8.49. The quantitative estimate of drug-likeness (QED) is 0.800. The Balaban J connectivity index is 2.45. The molecule has 3 nitrogen and oxygen atoms in total. The van der Waals surface area contributed by atoms with Crippen molar-refractivity contribution in [3.8, 4) is 5.75 Å². The lowest BCUT2D eigenvalue weighted by molar-refractivity contribution is -0.115. The first kappa shape index (κ1) is 14.8. The molecule has 0 aromatic heterocycles. The molecule has 1 amide bonds. The number of carbonyl (C=O) groups excluding carboxylic acids is 1. The van der Waals surface area contributed by atoms with Crippen LogP contribution in [0, 0.1) is 5.92 Å². The van der Waals surface area contributed by atoms with Crippen LogP contribution in [0.1, 0.15) is 27.2 Å². The molecule has 0 saturated heterocycles. The Morgan fingerprint density at radius 2 is 1.89 bits per heavy atom. The fourth-order valence-electron chi connectivity index (χ4n) is 1.29. The Hall–Kier alpha value is -1.22. The van der Waals surface area contributed by atoms with Gasteiger partial charge in [-0.3, -0.25) is 4.79 Å². The number of nitrogens with one attached hydrogen (secondary N) is 1. The molecule has 4 heteroatoms. The van der Waals surface area contributed by atoms with Crippen LogP contribution in [0.25, 0.3) is 0 Å². The second-order valence-electron chi connectivity index (χ2n) is 4.66. The summed E-state index contributed by atoms with van der Waals surface area (Å²) < 4.78 is 5.59. The summed E-state index contributed by atoms with van der Waals surface area (Å²) in [6, 6.07) is 7.30. The van der Waals surface area contributed by atoms with E-state index in [4.69, 9.17) is 16.3 Å². The SMILES string of the molecule is CC(C)CCOc1ccc(NC(=O)C(C)Cl)cc1. The lowest BCUT2D eigenvalue weighted by Gasteiger charge is -2.10. The van der Waals surface area contributed by atoms with Gasteiger partial charge in [0.15, 0.2) is 0 Å². The van der Waals surface area contributed by atoms with Crippen molar-refractivity contribution in [2.24, 2.45) is 5.92 Å². The Morgan fingerprint density at radius 1 is 1.28 bits per heavy atom. The van der Waals surface area contributed by atoms with E-state index >= 15 is 0 Å². The molecule has 1 aromatic carbocycles. The van der Waals surface area contributed by atoms with Crippen LogP contribution in [0.2, 0.25) is 0 Å². The van der Waals surface area contributed by atoms with E-state index in [-0.39, 0.29) is 5.91 Å². The number of hydrogen-bond acceptors (Lipinski definition) is 2. The van der Waals surface area contributed by atoms with E-state index in [1.165, 1.54) is 0 Å². The monoisotopic (exact) mass is 269 g/mol. The number of benzene rings is 1. The number of ether oxygens (including phenoxy) is 1. The maximum Gasteiger partial charge on any atom is 0.242 e. The van der Waals surface area contributed by atoms with E-state index < -0.39 is 5.38 Å². The van der Waals surface area contributed by atoms with Crippen LogP contribution in [-0.4, -0.2) is 17.9 Å². The van der Waals surface area contributed by atoms with Crippen molar-refractivity contribution in [1.29, 1.82) is 0 Å². The molecule has 100 valence electrons. The van der Waals surface area contributed by atoms with Gasteiger partial charge in [-0.2, -0.15) is 0 Å². The van der Waals surface area contributed by atoms with Crippen LogP contribution >= 0.6 is 11.6 Å². The number of halogens is 1. The molecule has 0 fully saturated rings. The van der Waals surface area contributed by atoms with Crippen LogP contribution < -0.4 is 10.1 Å². The zero-order valence-electron chi connectivity index (χ0n) is 11.1. The number of carbonyl (C=O) groups is 1. The van der Waals surface area contributed by atoms with Gasteiger partial charge >= 0.3 is 0 Å². The van der Waals surface area contributed by atoms with Crippen LogP contribution in [0.15, 0.2) is 24.3 Å². The first-order valence-corrected chi connectivity index (χ1v) is 6.60. The van der Waals surface area contributed by atoms with Crippen LogP contribution in [0.3, 0.4) is 0 Å². The zero-order valence-corrected chi connectivity index (χ0v) is 11.8. The predicted molar refractivity (Wildman–Crippen MR) is 75.3 cm³/mol. The summed E-state index contributed by atoms with van der Waals surface area (Å²) in [5, 5.41) is 2.18. The van der Waals surface area contributed by atoms with E-state index in [1.807, 2.05) is 24.3 Å². The fraction of sp³-hybridized carbons (Fsp3) is 0.500. The van der Waals surface area contributed by atoms with E-state index in [0.29, 0.717) is 12.5 Å². The van der Waals surface area contributed by atoms with Gasteiger partial charge in [-0.15, -0.1) is 11.6 Å². The maximum atomic E-state index is 11.4. The summed E-state index contributed by atoms with van der Waals surface area (Å²) in [6.45, 7) is 6.67. The number of hydrogen-bond donors (Lipinski definition) is 1. The molecule has 0 heterocycles. The zero-order chi connectivity index (χ0) is 13.5. The highest BCUT2D eigenvalue weighted by atomic mass is 35.5. The van der Waals surface area contributed by atoms with Crippen molar-refractivity contribution < 1.29 is 9.53 Å². The Kier molecular flexibility index (Phi) is 5.99. The van der Waals surface area contributed by atoms with Gasteiger partial charge in [0.2, 0.25) is 5.91 Å². The molecule has 0 aliphatic carbocycles. The van der Waals surface area contributed by atoms with Crippen molar-refractivity contribution in [1.82, 2.24) is 0 Å². The highest BCUT2D eigenvalue weighted by molar-refractivity contribution is 6.32. The van der Waals surface area contributed by atoms with E-state index in [2.05, 4.69) is 19.2 Å². The molecule has 1 N–H and O–H groups in total. The third kappa shape index (κ3) is 5.41. The lowest BCUT2D eigenvalue weighted by Crippen LogP contribution is -2.20. The van der Waals surface area contributed by atoms with E-state index in [0.717, 1.165) is 17.9 Å². The molecule has 0 aliphatic rings. The molecule has 0 bridgehead atoms. The molecule has 0 radical (unpaired) electrons. The lowest BCUT2D eigenvalue weighted by atomic mass is 10.1. The highest BCUT2D eigenvalue weighted by Crippen LogP contribution is 2.17. The maximum absolute atomic E-state index is 11.4. The van der Waals surface area contributed by atoms with Crippen LogP contribution in [0.5, 0.6) is 5.75 Å². The van der Waals surface area contributed by atoms with Gasteiger partial charge in [-0.05, 0) is 43.5 Å². The van der Waals surface area contributed by atoms with Crippen molar-refractivity contribution in [3.63, 3.8) is 0 Å². The molecule has 1 aromatic rings. The van der Waals surface area contributed by atoms with Crippen LogP contribution in [0.4, 0.5) is 5.69 Å². The summed E-state index contributed by atoms with van der Waals surface area (Å²) in [6.07, 6.45) is 1.03. The molecule has 1 atom stereocenters. The van der Waals surface area contributed by atoms with Crippen molar-refractivity contribution in [3.05, 3.63) is 24.3 Å². The normalized spacial score (nSPS) is 12.3.